The molecule has 3 unspecified atom stereocenters. The summed E-state index contributed by atoms with van der Waals surface area (Å²) in [5.74, 6) is -3.16. The first-order valence-corrected chi connectivity index (χ1v) is 11.7. The number of benzene rings is 1. The van der Waals surface area contributed by atoms with Crippen LogP contribution in [-0.2, 0) is 30.4 Å². The van der Waals surface area contributed by atoms with Crippen molar-refractivity contribution in [2.75, 3.05) is 18.6 Å². The van der Waals surface area contributed by atoms with Crippen molar-refractivity contribution in [1.29, 1.82) is 0 Å². The van der Waals surface area contributed by atoms with Gasteiger partial charge in [-0.3, -0.25) is 19.2 Å². The third-order valence-corrected chi connectivity index (χ3v) is 5.27. The summed E-state index contributed by atoms with van der Waals surface area (Å²) in [6, 6.07) is 5.75. The predicted octanol–water partition coefficient (Wildman–Crippen LogP) is -1.25. The molecule has 11 nitrogen and oxygen atoms in total. The molecule has 0 fully saturated rings. The van der Waals surface area contributed by atoms with E-state index in [1.54, 1.807) is 30.3 Å². The van der Waals surface area contributed by atoms with Gasteiger partial charge in [0.2, 0.25) is 23.6 Å². The lowest BCUT2D eigenvalue weighted by atomic mass is 10.0. The second-order valence-corrected chi connectivity index (χ2v) is 8.31. The summed E-state index contributed by atoms with van der Waals surface area (Å²) < 4.78 is 0. The van der Waals surface area contributed by atoms with Crippen LogP contribution in [0.15, 0.2) is 30.3 Å². The molecule has 0 bridgehead atoms. The Hall–Kier alpha value is -3.12. The summed E-state index contributed by atoms with van der Waals surface area (Å²) in [5.41, 5.74) is 11.6. The van der Waals surface area contributed by atoms with Gasteiger partial charge in [-0.15, -0.1) is 0 Å². The lowest BCUT2D eigenvalue weighted by molar-refractivity contribution is -0.141. The minimum atomic E-state index is -1.16. The molecule has 33 heavy (non-hydrogen) atoms. The summed E-state index contributed by atoms with van der Waals surface area (Å²) in [7, 11) is 0. The van der Waals surface area contributed by atoms with Crippen LogP contribution in [0.3, 0.4) is 0 Å². The zero-order valence-corrected chi connectivity index (χ0v) is 19.2. The maximum absolute atomic E-state index is 12.7. The van der Waals surface area contributed by atoms with E-state index in [1.807, 2.05) is 6.26 Å². The van der Waals surface area contributed by atoms with E-state index in [1.165, 1.54) is 11.8 Å². The summed E-state index contributed by atoms with van der Waals surface area (Å²) in [4.78, 5) is 59.5. The Morgan fingerprint density at radius 1 is 1.00 bits per heavy atom. The summed E-state index contributed by atoms with van der Waals surface area (Å²) in [5, 5.41) is 16.5. The van der Waals surface area contributed by atoms with E-state index in [2.05, 4.69) is 16.0 Å². The van der Waals surface area contributed by atoms with Crippen LogP contribution < -0.4 is 27.4 Å². The molecule has 0 saturated heterocycles. The molecule has 1 aromatic carbocycles. The quantitative estimate of drug-likeness (QED) is 0.179. The third-order valence-electron chi connectivity index (χ3n) is 4.62. The van der Waals surface area contributed by atoms with Gasteiger partial charge >= 0.3 is 5.97 Å². The fourth-order valence-electron chi connectivity index (χ4n) is 2.80. The SMILES string of the molecule is CSCCC(NC(=O)CNC(=O)C(Cc1ccccc1)NC(=O)C(N)CCC(N)=O)C(=O)O. The van der Waals surface area contributed by atoms with Crippen molar-refractivity contribution in [3.63, 3.8) is 0 Å². The maximum atomic E-state index is 12.7. The predicted molar refractivity (Wildman–Crippen MR) is 124 cm³/mol. The molecule has 1 aromatic rings. The number of aliphatic carboxylic acids is 1. The molecule has 0 radical (unpaired) electrons. The Kier molecular flexibility index (Phi) is 12.6. The topological polar surface area (TPSA) is 194 Å². The Morgan fingerprint density at radius 2 is 1.67 bits per heavy atom. The number of hydrogen-bond acceptors (Lipinski definition) is 7. The number of carbonyl (C=O) groups is 5. The van der Waals surface area contributed by atoms with Crippen molar-refractivity contribution in [1.82, 2.24) is 16.0 Å². The van der Waals surface area contributed by atoms with Gasteiger partial charge in [-0.1, -0.05) is 30.3 Å². The van der Waals surface area contributed by atoms with Crippen molar-refractivity contribution in [2.24, 2.45) is 11.5 Å². The van der Waals surface area contributed by atoms with Gasteiger partial charge in [0.1, 0.15) is 12.1 Å². The van der Waals surface area contributed by atoms with Crippen LogP contribution in [0, 0.1) is 0 Å². The number of rotatable bonds is 15. The molecule has 0 aliphatic rings. The average molecular weight is 482 g/mol. The Morgan fingerprint density at radius 3 is 2.24 bits per heavy atom. The summed E-state index contributed by atoms with van der Waals surface area (Å²) >= 11 is 1.45. The van der Waals surface area contributed by atoms with Crippen LogP contribution in [0.4, 0.5) is 0 Å². The highest BCUT2D eigenvalue weighted by atomic mass is 32.2. The van der Waals surface area contributed by atoms with E-state index in [4.69, 9.17) is 11.5 Å². The van der Waals surface area contributed by atoms with E-state index in [0.29, 0.717) is 5.75 Å². The number of primary amides is 1. The van der Waals surface area contributed by atoms with Gasteiger partial charge in [-0.2, -0.15) is 11.8 Å². The highest BCUT2D eigenvalue weighted by Gasteiger charge is 2.25. The zero-order chi connectivity index (χ0) is 24.8. The fraction of sp³-hybridized carbons (Fsp3) is 0.476. The number of carbonyl (C=O) groups excluding carboxylic acids is 4. The second kappa shape index (κ2) is 14.9. The normalized spacial score (nSPS) is 13.3. The van der Waals surface area contributed by atoms with Crippen LogP contribution >= 0.6 is 11.8 Å². The molecule has 12 heteroatoms. The van der Waals surface area contributed by atoms with E-state index < -0.39 is 54.3 Å². The largest absolute Gasteiger partial charge is 0.480 e. The first-order chi connectivity index (χ1) is 15.6. The van der Waals surface area contributed by atoms with Gasteiger partial charge in [-0.05, 0) is 30.4 Å². The smallest absolute Gasteiger partial charge is 0.326 e. The monoisotopic (exact) mass is 481 g/mol. The van der Waals surface area contributed by atoms with Gasteiger partial charge in [-0.25, -0.2) is 4.79 Å². The minimum Gasteiger partial charge on any atom is -0.480 e. The first-order valence-electron chi connectivity index (χ1n) is 10.3. The second-order valence-electron chi connectivity index (χ2n) is 7.32. The standard InChI is InChI=1S/C21H31N5O6S/c1-33-10-9-15(21(31)32)25-18(28)12-24-20(30)16(11-13-5-3-2-4-6-13)26-19(29)14(22)7-8-17(23)27/h2-6,14-16H,7-12,22H2,1H3,(H2,23,27)(H,24,30)(H,25,28)(H,26,29)(H,31,32). The Labute approximate surface area is 196 Å². The Bertz CT molecular complexity index is 823. The number of carboxylic acid groups (broad SMARTS) is 1. The summed E-state index contributed by atoms with van der Waals surface area (Å²) in [6.45, 7) is -0.462. The number of nitrogens with two attached hydrogens (primary N) is 2. The van der Waals surface area contributed by atoms with Gasteiger partial charge < -0.3 is 32.5 Å². The highest BCUT2D eigenvalue weighted by molar-refractivity contribution is 7.98. The molecule has 0 spiro atoms. The number of nitrogens with one attached hydrogen (secondary N) is 3. The van der Waals surface area contributed by atoms with Crippen molar-refractivity contribution < 1.29 is 29.1 Å². The van der Waals surface area contributed by atoms with Crippen molar-refractivity contribution in [3.8, 4) is 0 Å². The summed E-state index contributed by atoms with van der Waals surface area (Å²) in [6.07, 6.45) is 2.14. The van der Waals surface area contributed by atoms with Crippen LogP contribution in [0.1, 0.15) is 24.8 Å². The molecule has 0 aromatic heterocycles. The average Bonchev–Trinajstić information content (AvgIpc) is 2.78. The van der Waals surface area contributed by atoms with Crippen LogP contribution in [0.5, 0.6) is 0 Å². The molecule has 0 heterocycles. The van der Waals surface area contributed by atoms with E-state index in [0.717, 1.165) is 5.56 Å². The van der Waals surface area contributed by atoms with Crippen molar-refractivity contribution in [3.05, 3.63) is 35.9 Å². The van der Waals surface area contributed by atoms with Gasteiger partial charge in [0.15, 0.2) is 0 Å². The third kappa shape index (κ3) is 11.3. The molecular formula is C21H31N5O6S. The molecule has 0 saturated carbocycles. The van der Waals surface area contributed by atoms with E-state index in [9.17, 15) is 29.1 Å². The van der Waals surface area contributed by atoms with Crippen LogP contribution in [0.2, 0.25) is 0 Å². The van der Waals surface area contributed by atoms with Crippen LogP contribution in [-0.4, -0.2) is 71.4 Å². The first kappa shape index (κ1) is 27.9. The van der Waals surface area contributed by atoms with E-state index >= 15 is 0 Å². The van der Waals surface area contributed by atoms with Crippen molar-refractivity contribution >= 4 is 41.4 Å². The lowest BCUT2D eigenvalue weighted by Crippen LogP contribution is -2.54. The zero-order valence-electron chi connectivity index (χ0n) is 18.4. The molecule has 3 atom stereocenters. The fourth-order valence-corrected chi connectivity index (χ4v) is 3.27. The lowest BCUT2D eigenvalue weighted by Gasteiger charge is -2.21. The number of hydrogen-bond donors (Lipinski definition) is 6. The van der Waals surface area contributed by atoms with E-state index in [-0.39, 0.29) is 25.7 Å². The molecule has 1 rings (SSSR count). The number of amides is 4. The Balaban J connectivity index is 2.76. The van der Waals surface area contributed by atoms with Gasteiger partial charge in [0, 0.05) is 12.8 Å². The maximum Gasteiger partial charge on any atom is 0.326 e. The van der Waals surface area contributed by atoms with Gasteiger partial charge in [0.25, 0.3) is 0 Å². The number of carboxylic acids is 1. The minimum absolute atomic E-state index is 0.0237. The molecule has 8 N–H and O–H groups in total. The molecular weight excluding hydrogens is 450 g/mol. The van der Waals surface area contributed by atoms with Crippen LogP contribution in [0.25, 0.3) is 0 Å². The molecule has 4 amide bonds. The highest BCUT2D eigenvalue weighted by Crippen LogP contribution is 2.05. The van der Waals surface area contributed by atoms with Gasteiger partial charge in [0.05, 0.1) is 12.6 Å². The number of thioether (sulfide) groups is 1. The van der Waals surface area contributed by atoms with Crippen molar-refractivity contribution in [2.45, 2.75) is 43.8 Å². The molecule has 182 valence electrons. The molecule has 0 aliphatic heterocycles. The molecule has 0 aliphatic carbocycles.